The minimum absolute atomic E-state index is 0.0648. The molecule has 0 aliphatic heterocycles. The molecular weight excluding hydrogens is 309 g/mol. The van der Waals surface area contributed by atoms with Gasteiger partial charge >= 0.3 is 0 Å². The van der Waals surface area contributed by atoms with Crippen molar-refractivity contribution in [1.29, 1.82) is 0 Å². The van der Waals surface area contributed by atoms with Crippen molar-refractivity contribution in [3.63, 3.8) is 0 Å². The van der Waals surface area contributed by atoms with E-state index in [-0.39, 0.29) is 11.6 Å². The van der Waals surface area contributed by atoms with Crippen LogP contribution in [0.25, 0.3) is 0 Å². The Balaban J connectivity index is 2.00. The minimum Gasteiger partial charge on any atom is -0.361 e. The molecule has 5 nitrogen and oxygen atoms in total. The fourth-order valence-electron chi connectivity index (χ4n) is 1.92. The van der Waals surface area contributed by atoms with E-state index in [1.165, 1.54) is 18.2 Å². The lowest BCUT2D eigenvalue weighted by atomic mass is 10.2. The summed E-state index contributed by atoms with van der Waals surface area (Å²) >= 11 is 5.80. The summed E-state index contributed by atoms with van der Waals surface area (Å²) in [6.07, 6.45) is 0. The lowest BCUT2D eigenvalue weighted by Gasteiger charge is -2.22. The summed E-state index contributed by atoms with van der Waals surface area (Å²) in [6.45, 7) is 3.98. The van der Waals surface area contributed by atoms with E-state index in [2.05, 4.69) is 10.5 Å². The van der Waals surface area contributed by atoms with Crippen LogP contribution in [0.1, 0.15) is 18.4 Å². The van der Waals surface area contributed by atoms with Gasteiger partial charge in [0.15, 0.2) is 0 Å². The monoisotopic (exact) mass is 325 g/mol. The second-order valence-corrected chi connectivity index (χ2v) is 5.57. The Morgan fingerprint density at radius 1 is 1.50 bits per heavy atom. The summed E-state index contributed by atoms with van der Waals surface area (Å²) in [4.78, 5) is 14.0. The minimum atomic E-state index is -0.528. The third-order valence-electron chi connectivity index (χ3n) is 3.32. The molecule has 0 saturated carbocycles. The largest absolute Gasteiger partial charge is 0.361 e. The van der Waals surface area contributed by atoms with Crippen LogP contribution in [0.4, 0.5) is 10.1 Å². The molecule has 1 atom stereocenters. The maximum atomic E-state index is 13.6. The highest BCUT2D eigenvalue weighted by Gasteiger charge is 2.20. The van der Waals surface area contributed by atoms with Crippen LogP contribution in [0.3, 0.4) is 0 Å². The van der Waals surface area contributed by atoms with Gasteiger partial charge in [0.05, 0.1) is 17.4 Å². The number of halogens is 2. The van der Waals surface area contributed by atoms with E-state index in [0.29, 0.717) is 17.3 Å². The molecule has 1 N–H and O–H groups in total. The molecule has 0 aliphatic rings. The number of nitrogens with zero attached hydrogens (tertiary/aromatic N) is 2. The van der Waals surface area contributed by atoms with Gasteiger partial charge in [0.2, 0.25) is 5.91 Å². The SMILES string of the molecule is Cc1cc(CN(C)C(C)C(=O)Nc2cc(Cl)ccc2F)no1. The highest BCUT2D eigenvalue weighted by Crippen LogP contribution is 2.20. The molecule has 7 heteroatoms. The second kappa shape index (κ2) is 6.89. The zero-order valence-electron chi connectivity index (χ0n) is 12.6. The Hall–Kier alpha value is -1.92. The van der Waals surface area contributed by atoms with Crippen LogP contribution in [0.2, 0.25) is 5.02 Å². The van der Waals surface area contributed by atoms with Crippen LogP contribution in [0, 0.1) is 12.7 Å². The van der Waals surface area contributed by atoms with E-state index in [1.54, 1.807) is 31.9 Å². The number of anilines is 1. The van der Waals surface area contributed by atoms with Gasteiger partial charge in [-0.05, 0) is 39.1 Å². The molecular formula is C15H17ClFN3O2. The lowest BCUT2D eigenvalue weighted by molar-refractivity contribution is -0.120. The molecule has 0 spiro atoms. The Bertz CT molecular complexity index is 675. The normalized spacial score (nSPS) is 12.5. The number of aryl methyl sites for hydroxylation is 1. The number of hydrogen-bond acceptors (Lipinski definition) is 4. The first-order valence-corrected chi connectivity index (χ1v) is 7.13. The number of hydrogen-bond donors (Lipinski definition) is 1. The zero-order chi connectivity index (χ0) is 16.3. The first-order chi connectivity index (χ1) is 10.4. The van der Waals surface area contributed by atoms with Gasteiger partial charge in [0.1, 0.15) is 11.6 Å². The third-order valence-corrected chi connectivity index (χ3v) is 3.55. The Kier molecular flexibility index (Phi) is 5.15. The molecule has 1 heterocycles. The van der Waals surface area contributed by atoms with Crippen molar-refractivity contribution in [1.82, 2.24) is 10.1 Å². The number of rotatable bonds is 5. The van der Waals surface area contributed by atoms with Gasteiger partial charge in [0.25, 0.3) is 0 Å². The molecule has 22 heavy (non-hydrogen) atoms. The summed E-state index contributed by atoms with van der Waals surface area (Å²) < 4.78 is 18.6. The van der Waals surface area contributed by atoms with E-state index in [4.69, 9.17) is 16.1 Å². The number of nitrogens with one attached hydrogen (secondary N) is 1. The van der Waals surface area contributed by atoms with Gasteiger partial charge < -0.3 is 9.84 Å². The maximum Gasteiger partial charge on any atom is 0.241 e. The number of carbonyl (C=O) groups excluding carboxylic acids is 1. The van der Waals surface area contributed by atoms with Crippen molar-refractivity contribution < 1.29 is 13.7 Å². The topological polar surface area (TPSA) is 58.4 Å². The molecule has 0 fully saturated rings. The van der Waals surface area contributed by atoms with Gasteiger partial charge in [-0.1, -0.05) is 16.8 Å². The van der Waals surface area contributed by atoms with E-state index in [0.717, 1.165) is 5.69 Å². The number of amides is 1. The predicted octanol–water partition coefficient (Wildman–Crippen LogP) is 3.23. The first-order valence-electron chi connectivity index (χ1n) is 6.75. The molecule has 2 aromatic rings. The molecule has 118 valence electrons. The van der Waals surface area contributed by atoms with Crippen LogP contribution in [-0.4, -0.2) is 29.1 Å². The third kappa shape index (κ3) is 4.05. The lowest BCUT2D eigenvalue weighted by Crippen LogP contribution is -2.39. The Morgan fingerprint density at radius 3 is 2.86 bits per heavy atom. The van der Waals surface area contributed by atoms with Crippen molar-refractivity contribution in [3.05, 3.63) is 46.6 Å². The predicted molar refractivity (Wildman–Crippen MR) is 82.2 cm³/mol. The summed E-state index contributed by atoms with van der Waals surface area (Å²) in [5, 5.41) is 6.78. The molecule has 0 aliphatic carbocycles. The van der Waals surface area contributed by atoms with Gasteiger partial charge in [-0.15, -0.1) is 0 Å². The molecule has 0 bridgehead atoms. The fourth-order valence-corrected chi connectivity index (χ4v) is 2.09. The van der Waals surface area contributed by atoms with Crippen LogP contribution in [-0.2, 0) is 11.3 Å². The van der Waals surface area contributed by atoms with Gasteiger partial charge in [0, 0.05) is 17.6 Å². The van der Waals surface area contributed by atoms with Gasteiger partial charge in [-0.2, -0.15) is 0 Å². The smallest absolute Gasteiger partial charge is 0.241 e. The molecule has 0 saturated heterocycles. The average Bonchev–Trinajstić information content (AvgIpc) is 2.87. The van der Waals surface area contributed by atoms with E-state index >= 15 is 0 Å². The van der Waals surface area contributed by atoms with Crippen LogP contribution in [0.15, 0.2) is 28.8 Å². The van der Waals surface area contributed by atoms with Crippen molar-refractivity contribution in [2.75, 3.05) is 12.4 Å². The summed E-state index contributed by atoms with van der Waals surface area (Å²) in [5.74, 6) is -0.148. The zero-order valence-corrected chi connectivity index (χ0v) is 13.3. The van der Waals surface area contributed by atoms with Crippen LogP contribution in [0.5, 0.6) is 0 Å². The molecule has 2 rings (SSSR count). The Morgan fingerprint density at radius 2 is 2.23 bits per heavy atom. The first kappa shape index (κ1) is 16.5. The second-order valence-electron chi connectivity index (χ2n) is 5.13. The highest BCUT2D eigenvalue weighted by atomic mass is 35.5. The quantitative estimate of drug-likeness (QED) is 0.917. The van der Waals surface area contributed by atoms with E-state index < -0.39 is 11.9 Å². The van der Waals surface area contributed by atoms with Gasteiger partial charge in [-0.25, -0.2) is 4.39 Å². The number of benzene rings is 1. The number of carbonyl (C=O) groups is 1. The Labute approximate surface area is 133 Å². The number of likely N-dealkylation sites (N-methyl/N-ethyl adjacent to an activating group) is 1. The van der Waals surface area contributed by atoms with Gasteiger partial charge in [-0.3, -0.25) is 9.69 Å². The van der Waals surface area contributed by atoms with Crippen molar-refractivity contribution in [2.24, 2.45) is 0 Å². The molecule has 1 aromatic heterocycles. The standard InChI is InChI=1S/C15H17ClFN3O2/c1-9-6-12(19-22-9)8-20(3)10(2)15(21)18-14-7-11(16)4-5-13(14)17/h4-7,10H,8H2,1-3H3,(H,18,21). The molecule has 0 radical (unpaired) electrons. The summed E-state index contributed by atoms with van der Waals surface area (Å²) in [7, 11) is 1.78. The summed E-state index contributed by atoms with van der Waals surface area (Å²) in [6, 6.07) is 5.34. The molecule has 1 unspecified atom stereocenters. The van der Waals surface area contributed by atoms with E-state index in [1.807, 2.05) is 0 Å². The highest BCUT2D eigenvalue weighted by molar-refractivity contribution is 6.30. The van der Waals surface area contributed by atoms with E-state index in [9.17, 15) is 9.18 Å². The molecule has 1 amide bonds. The van der Waals surface area contributed by atoms with Crippen LogP contribution >= 0.6 is 11.6 Å². The maximum absolute atomic E-state index is 13.6. The number of aromatic nitrogens is 1. The summed E-state index contributed by atoms with van der Waals surface area (Å²) in [5.41, 5.74) is 0.795. The fraction of sp³-hybridized carbons (Fsp3) is 0.333. The van der Waals surface area contributed by atoms with Crippen molar-refractivity contribution in [2.45, 2.75) is 26.4 Å². The average molecular weight is 326 g/mol. The van der Waals surface area contributed by atoms with Crippen molar-refractivity contribution >= 4 is 23.2 Å². The van der Waals surface area contributed by atoms with Crippen LogP contribution < -0.4 is 5.32 Å². The molecule has 1 aromatic carbocycles. The van der Waals surface area contributed by atoms with Crippen molar-refractivity contribution in [3.8, 4) is 0 Å².